The average molecular weight is 399 g/mol. The van der Waals surface area contributed by atoms with E-state index >= 15 is 0 Å². The van der Waals surface area contributed by atoms with Crippen LogP contribution in [0, 0.1) is 13.8 Å². The third kappa shape index (κ3) is 4.09. The van der Waals surface area contributed by atoms with Crippen molar-refractivity contribution in [3.8, 4) is 0 Å². The Morgan fingerprint density at radius 1 is 1.17 bits per heavy atom. The van der Waals surface area contributed by atoms with Crippen LogP contribution < -0.4 is 5.32 Å². The number of amides is 1. The molecule has 1 amide bonds. The Morgan fingerprint density at radius 3 is 2.55 bits per heavy atom. The highest BCUT2D eigenvalue weighted by Gasteiger charge is 2.36. The van der Waals surface area contributed by atoms with Gasteiger partial charge in [-0.1, -0.05) is 6.07 Å². The van der Waals surface area contributed by atoms with Crippen LogP contribution in [0.5, 0.6) is 0 Å². The maximum absolute atomic E-state index is 13.7. The van der Waals surface area contributed by atoms with Gasteiger partial charge < -0.3 is 5.32 Å². The minimum Gasteiger partial charge on any atom is -0.345 e. The van der Waals surface area contributed by atoms with E-state index in [2.05, 4.69) is 15.3 Å². The van der Waals surface area contributed by atoms with Crippen LogP contribution in [-0.4, -0.2) is 15.9 Å². The lowest BCUT2D eigenvalue weighted by Crippen LogP contribution is -2.24. The summed E-state index contributed by atoms with van der Waals surface area (Å²) in [5.41, 5.74) is 1.95. The SMILES string of the molecule is Cc1ccc(CNC(=O)c2cc(C)c3cc(C4CC4)cc(C(F)(F)F)c3n2)nc1. The molecule has 3 aromatic rings. The van der Waals surface area contributed by atoms with Crippen molar-refractivity contribution in [2.24, 2.45) is 0 Å². The molecule has 2 heterocycles. The smallest absolute Gasteiger partial charge is 0.345 e. The van der Waals surface area contributed by atoms with E-state index in [-0.39, 0.29) is 23.7 Å². The van der Waals surface area contributed by atoms with E-state index in [4.69, 9.17) is 0 Å². The molecule has 29 heavy (non-hydrogen) atoms. The Kier molecular flexibility index (Phi) is 4.76. The molecule has 0 saturated heterocycles. The number of hydrogen-bond donors (Lipinski definition) is 1. The number of aryl methyl sites for hydroxylation is 2. The van der Waals surface area contributed by atoms with Crippen LogP contribution in [0.3, 0.4) is 0 Å². The lowest BCUT2D eigenvalue weighted by molar-refractivity contribution is -0.136. The van der Waals surface area contributed by atoms with Gasteiger partial charge in [0.15, 0.2) is 0 Å². The number of nitrogens with zero attached hydrogens (tertiary/aromatic N) is 2. The van der Waals surface area contributed by atoms with Crippen molar-refractivity contribution in [3.05, 3.63) is 70.2 Å². The second-order valence-corrected chi connectivity index (χ2v) is 7.57. The lowest BCUT2D eigenvalue weighted by Gasteiger charge is -2.15. The predicted octanol–water partition coefficient (Wildman–Crippen LogP) is 5.07. The number of pyridine rings is 2. The standard InChI is InChI=1S/C22H20F3N3O/c1-12-3-6-16(26-10-12)11-27-21(29)19-7-13(2)17-8-15(14-4-5-14)9-18(20(17)28-19)22(23,24)25/h3,6-10,14H,4-5,11H2,1-2H3,(H,27,29). The number of carbonyl (C=O) groups excluding carboxylic acids is 1. The van der Waals surface area contributed by atoms with Crippen LogP contribution in [0.1, 0.15) is 57.2 Å². The summed E-state index contributed by atoms with van der Waals surface area (Å²) in [4.78, 5) is 20.8. The predicted molar refractivity (Wildman–Crippen MR) is 104 cm³/mol. The Morgan fingerprint density at radius 2 is 1.93 bits per heavy atom. The summed E-state index contributed by atoms with van der Waals surface area (Å²) >= 11 is 0. The van der Waals surface area contributed by atoms with E-state index in [9.17, 15) is 18.0 Å². The van der Waals surface area contributed by atoms with Crippen LogP contribution in [0.4, 0.5) is 13.2 Å². The number of rotatable bonds is 4. The molecular weight excluding hydrogens is 379 g/mol. The summed E-state index contributed by atoms with van der Waals surface area (Å²) in [5, 5.41) is 3.12. The van der Waals surface area contributed by atoms with E-state index in [0.717, 1.165) is 18.4 Å². The first-order chi connectivity index (χ1) is 13.7. The Balaban J connectivity index is 1.69. The van der Waals surface area contributed by atoms with Crippen LogP contribution in [0.25, 0.3) is 10.9 Å². The largest absolute Gasteiger partial charge is 0.418 e. The van der Waals surface area contributed by atoms with Gasteiger partial charge in [-0.15, -0.1) is 0 Å². The number of hydrogen-bond acceptors (Lipinski definition) is 3. The van der Waals surface area contributed by atoms with Gasteiger partial charge >= 0.3 is 6.18 Å². The molecule has 2 aromatic heterocycles. The molecule has 7 heteroatoms. The summed E-state index contributed by atoms with van der Waals surface area (Å²) in [5.74, 6) is -0.346. The van der Waals surface area contributed by atoms with Gasteiger partial charge in [-0.25, -0.2) is 4.98 Å². The molecule has 1 saturated carbocycles. The second-order valence-electron chi connectivity index (χ2n) is 7.57. The molecule has 4 rings (SSSR count). The summed E-state index contributed by atoms with van der Waals surface area (Å²) in [6.07, 6.45) is -1.04. The minimum atomic E-state index is -4.54. The zero-order valence-corrected chi connectivity index (χ0v) is 16.1. The molecule has 1 aliphatic carbocycles. The molecule has 0 bridgehead atoms. The summed E-state index contributed by atoms with van der Waals surface area (Å²) in [6, 6.07) is 8.17. The van der Waals surface area contributed by atoms with E-state index in [0.29, 0.717) is 22.2 Å². The molecule has 1 aliphatic rings. The van der Waals surface area contributed by atoms with Gasteiger partial charge in [0.25, 0.3) is 5.91 Å². The van der Waals surface area contributed by atoms with Crippen molar-refractivity contribution in [1.29, 1.82) is 0 Å². The van der Waals surface area contributed by atoms with Gasteiger partial charge in [-0.05, 0) is 73.6 Å². The first-order valence-corrected chi connectivity index (χ1v) is 9.44. The van der Waals surface area contributed by atoms with E-state index in [1.54, 1.807) is 25.3 Å². The molecule has 1 fully saturated rings. The first kappa shape index (κ1) is 19.4. The highest BCUT2D eigenvalue weighted by molar-refractivity contribution is 5.96. The quantitative estimate of drug-likeness (QED) is 0.666. The maximum Gasteiger partial charge on any atom is 0.418 e. The summed E-state index contributed by atoms with van der Waals surface area (Å²) in [6.45, 7) is 3.79. The van der Waals surface area contributed by atoms with Crippen LogP contribution >= 0.6 is 0 Å². The fourth-order valence-electron chi connectivity index (χ4n) is 3.36. The second kappa shape index (κ2) is 7.13. The molecule has 1 N–H and O–H groups in total. The molecule has 150 valence electrons. The Labute approximate surface area is 166 Å². The molecule has 1 aromatic carbocycles. The van der Waals surface area contributed by atoms with Crippen molar-refractivity contribution in [1.82, 2.24) is 15.3 Å². The van der Waals surface area contributed by atoms with Crippen molar-refractivity contribution in [3.63, 3.8) is 0 Å². The minimum absolute atomic E-state index is 0.0354. The molecule has 0 spiro atoms. The van der Waals surface area contributed by atoms with Gasteiger partial charge in [-0.3, -0.25) is 9.78 Å². The molecule has 0 radical (unpaired) electrons. The first-order valence-electron chi connectivity index (χ1n) is 9.44. The maximum atomic E-state index is 13.7. The highest BCUT2D eigenvalue weighted by Crippen LogP contribution is 2.44. The Bertz CT molecular complexity index is 1090. The van der Waals surface area contributed by atoms with E-state index in [1.807, 2.05) is 13.0 Å². The van der Waals surface area contributed by atoms with Gasteiger partial charge in [-0.2, -0.15) is 13.2 Å². The number of carbonyl (C=O) groups is 1. The zero-order chi connectivity index (χ0) is 20.8. The van der Waals surface area contributed by atoms with Gasteiger partial charge in [0, 0.05) is 11.6 Å². The lowest BCUT2D eigenvalue weighted by atomic mass is 9.98. The van der Waals surface area contributed by atoms with E-state index in [1.165, 1.54) is 12.1 Å². The zero-order valence-electron chi connectivity index (χ0n) is 16.1. The highest BCUT2D eigenvalue weighted by atomic mass is 19.4. The number of halogens is 3. The van der Waals surface area contributed by atoms with Gasteiger partial charge in [0.05, 0.1) is 23.3 Å². The topological polar surface area (TPSA) is 54.9 Å². The van der Waals surface area contributed by atoms with Gasteiger partial charge in [0.2, 0.25) is 0 Å². The summed E-state index contributed by atoms with van der Waals surface area (Å²) < 4.78 is 41.1. The number of alkyl halides is 3. The number of aromatic nitrogens is 2. The molecule has 0 unspecified atom stereocenters. The molecule has 4 nitrogen and oxygen atoms in total. The molecule has 0 atom stereocenters. The number of benzene rings is 1. The third-order valence-electron chi connectivity index (χ3n) is 5.13. The van der Waals surface area contributed by atoms with Crippen molar-refractivity contribution < 1.29 is 18.0 Å². The fraction of sp³-hybridized carbons (Fsp3) is 0.318. The van der Waals surface area contributed by atoms with Crippen molar-refractivity contribution in [2.75, 3.05) is 0 Å². The average Bonchev–Trinajstić information content (AvgIpc) is 3.51. The molecule has 0 aliphatic heterocycles. The van der Waals surface area contributed by atoms with Crippen molar-refractivity contribution >= 4 is 16.8 Å². The number of nitrogens with one attached hydrogen (secondary N) is 1. The van der Waals surface area contributed by atoms with Crippen LogP contribution in [0.2, 0.25) is 0 Å². The molecular formula is C22H20F3N3O. The summed E-state index contributed by atoms with van der Waals surface area (Å²) in [7, 11) is 0. The van der Waals surface area contributed by atoms with Crippen molar-refractivity contribution in [2.45, 2.75) is 45.3 Å². The van der Waals surface area contributed by atoms with Gasteiger partial charge in [0.1, 0.15) is 5.69 Å². The fourth-order valence-corrected chi connectivity index (χ4v) is 3.36. The normalized spacial score (nSPS) is 14.2. The Hall–Kier alpha value is -2.96. The number of fused-ring (bicyclic) bond motifs is 1. The van der Waals surface area contributed by atoms with Crippen LogP contribution in [-0.2, 0) is 12.7 Å². The third-order valence-corrected chi connectivity index (χ3v) is 5.13. The van der Waals surface area contributed by atoms with E-state index < -0.39 is 17.6 Å². The monoisotopic (exact) mass is 399 g/mol. The van der Waals surface area contributed by atoms with Crippen LogP contribution in [0.15, 0.2) is 36.5 Å².